The van der Waals surface area contributed by atoms with Crippen molar-refractivity contribution in [2.75, 3.05) is 33.7 Å². The lowest BCUT2D eigenvalue weighted by Gasteiger charge is -2.39. The Hall–Kier alpha value is -0.970. The number of aryl methyl sites for hydroxylation is 1. The Morgan fingerprint density at radius 2 is 2.00 bits per heavy atom. The Morgan fingerprint density at radius 3 is 2.55 bits per heavy atom. The van der Waals surface area contributed by atoms with E-state index in [0.717, 1.165) is 37.1 Å². The normalized spacial score (nSPS) is 19.5. The van der Waals surface area contributed by atoms with Crippen LogP contribution < -0.4 is 5.73 Å². The minimum Gasteiger partial charge on any atom is -0.329 e. The average molecular weight is 279 g/mol. The molecule has 1 aliphatic heterocycles. The molecule has 2 N–H and O–H groups in total. The molecule has 4 heteroatoms. The van der Waals surface area contributed by atoms with E-state index in [1.165, 1.54) is 0 Å². The van der Waals surface area contributed by atoms with E-state index < -0.39 is 0 Å². The molecule has 0 amide bonds. The first kappa shape index (κ1) is 15.4. The summed E-state index contributed by atoms with van der Waals surface area (Å²) < 4.78 is 14.1. The summed E-state index contributed by atoms with van der Waals surface area (Å²) in [5.41, 5.74) is 7.76. The van der Waals surface area contributed by atoms with E-state index in [4.69, 9.17) is 5.73 Å². The molecule has 1 unspecified atom stereocenters. The molecule has 1 heterocycles. The predicted molar refractivity (Wildman–Crippen MR) is 81.2 cm³/mol. The highest BCUT2D eigenvalue weighted by Crippen LogP contribution is 2.27. The molecular weight excluding hydrogens is 253 g/mol. The maximum Gasteiger partial charge on any atom is 0.128 e. The van der Waals surface area contributed by atoms with Crippen molar-refractivity contribution in [1.29, 1.82) is 0 Å². The SMILES string of the molecule is Cc1ccc(F)c(C(CN)N2CCC(N(C)C)CC2)c1. The maximum atomic E-state index is 14.1. The van der Waals surface area contributed by atoms with Crippen LogP contribution in [0.4, 0.5) is 4.39 Å². The number of rotatable bonds is 4. The topological polar surface area (TPSA) is 32.5 Å². The first-order chi connectivity index (χ1) is 9.52. The fourth-order valence-corrected chi connectivity index (χ4v) is 3.11. The van der Waals surface area contributed by atoms with Crippen LogP contribution in [0.1, 0.15) is 30.0 Å². The highest BCUT2D eigenvalue weighted by atomic mass is 19.1. The first-order valence-corrected chi connectivity index (χ1v) is 7.39. The molecule has 0 aromatic heterocycles. The number of benzene rings is 1. The van der Waals surface area contributed by atoms with Crippen LogP contribution in [0.15, 0.2) is 18.2 Å². The number of halogens is 1. The molecule has 2 rings (SSSR count). The van der Waals surface area contributed by atoms with Crippen molar-refractivity contribution < 1.29 is 4.39 Å². The second-order valence-electron chi connectivity index (χ2n) is 6.01. The molecule has 0 saturated carbocycles. The van der Waals surface area contributed by atoms with Gasteiger partial charge >= 0.3 is 0 Å². The zero-order valence-electron chi connectivity index (χ0n) is 12.8. The fraction of sp³-hybridized carbons (Fsp3) is 0.625. The Bertz CT molecular complexity index is 439. The van der Waals surface area contributed by atoms with Crippen LogP contribution in [-0.4, -0.2) is 49.6 Å². The van der Waals surface area contributed by atoms with Gasteiger partial charge in [0.1, 0.15) is 5.82 Å². The maximum absolute atomic E-state index is 14.1. The lowest BCUT2D eigenvalue weighted by Crippen LogP contribution is -2.45. The molecule has 1 atom stereocenters. The Kier molecular flexibility index (Phi) is 5.13. The van der Waals surface area contributed by atoms with E-state index in [-0.39, 0.29) is 11.9 Å². The summed E-state index contributed by atoms with van der Waals surface area (Å²) in [6.07, 6.45) is 2.24. The molecule has 0 spiro atoms. The highest BCUT2D eigenvalue weighted by molar-refractivity contribution is 5.27. The van der Waals surface area contributed by atoms with Crippen molar-refractivity contribution in [1.82, 2.24) is 9.80 Å². The fourth-order valence-electron chi connectivity index (χ4n) is 3.11. The van der Waals surface area contributed by atoms with Gasteiger partial charge in [0.15, 0.2) is 0 Å². The van der Waals surface area contributed by atoms with Gasteiger partial charge in [0, 0.05) is 37.3 Å². The molecule has 3 nitrogen and oxygen atoms in total. The number of likely N-dealkylation sites (tertiary alicyclic amines) is 1. The summed E-state index contributed by atoms with van der Waals surface area (Å²) >= 11 is 0. The molecule has 112 valence electrons. The van der Waals surface area contributed by atoms with Gasteiger partial charge < -0.3 is 10.6 Å². The molecule has 1 aliphatic rings. The predicted octanol–water partition coefficient (Wildman–Crippen LogP) is 2.16. The van der Waals surface area contributed by atoms with Crippen LogP contribution in [0.5, 0.6) is 0 Å². The Balaban J connectivity index is 2.11. The third-order valence-corrected chi connectivity index (χ3v) is 4.40. The van der Waals surface area contributed by atoms with Gasteiger partial charge in [-0.25, -0.2) is 4.39 Å². The number of nitrogens with two attached hydrogens (primary N) is 1. The van der Waals surface area contributed by atoms with Gasteiger partial charge in [0.05, 0.1) is 0 Å². The van der Waals surface area contributed by atoms with Gasteiger partial charge in [-0.1, -0.05) is 17.7 Å². The van der Waals surface area contributed by atoms with Gasteiger partial charge in [-0.2, -0.15) is 0 Å². The molecule has 0 radical (unpaired) electrons. The van der Waals surface area contributed by atoms with Crippen LogP contribution in [0.25, 0.3) is 0 Å². The highest BCUT2D eigenvalue weighted by Gasteiger charge is 2.27. The molecule has 1 fully saturated rings. The van der Waals surface area contributed by atoms with Crippen molar-refractivity contribution in [2.24, 2.45) is 5.73 Å². The van der Waals surface area contributed by atoms with Gasteiger partial charge in [-0.05, 0) is 39.9 Å². The third kappa shape index (κ3) is 3.37. The lowest BCUT2D eigenvalue weighted by molar-refractivity contribution is 0.109. The summed E-state index contributed by atoms with van der Waals surface area (Å²) in [6.45, 7) is 4.43. The first-order valence-electron chi connectivity index (χ1n) is 7.39. The van der Waals surface area contributed by atoms with Crippen LogP contribution in [0, 0.1) is 12.7 Å². The van der Waals surface area contributed by atoms with Crippen LogP contribution >= 0.6 is 0 Å². The third-order valence-electron chi connectivity index (χ3n) is 4.40. The number of hydrogen-bond donors (Lipinski definition) is 1. The smallest absolute Gasteiger partial charge is 0.128 e. The molecule has 0 bridgehead atoms. The van der Waals surface area contributed by atoms with Crippen molar-refractivity contribution >= 4 is 0 Å². The van der Waals surface area contributed by atoms with Crippen LogP contribution in [0.2, 0.25) is 0 Å². The standard InChI is InChI=1S/C16H26FN3/c1-12-4-5-15(17)14(10-12)16(11-18)20-8-6-13(7-9-20)19(2)3/h4-5,10,13,16H,6-9,11,18H2,1-3H3. The van der Waals surface area contributed by atoms with Crippen LogP contribution in [-0.2, 0) is 0 Å². The Morgan fingerprint density at radius 1 is 1.35 bits per heavy atom. The molecular formula is C16H26FN3. The van der Waals surface area contributed by atoms with Crippen molar-refractivity contribution in [3.63, 3.8) is 0 Å². The van der Waals surface area contributed by atoms with Crippen molar-refractivity contribution in [2.45, 2.75) is 31.8 Å². The van der Waals surface area contributed by atoms with E-state index in [2.05, 4.69) is 23.9 Å². The quantitative estimate of drug-likeness (QED) is 0.917. The van der Waals surface area contributed by atoms with E-state index in [0.29, 0.717) is 12.6 Å². The van der Waals surface area contributed by atoms with Crippen LogP contribution in [0.3, 0.4) is 0 Å². The number of hydrogen-bond acceptors (Lipinski definition) is 3. The van der Waals surface area contributed by atoms with Crippen molar-refractivity contribution in [3.8, 4) is 0 Å². The summed E-state index contributed by atoms with van der Waals surface area (Å²) in [6, 6.07) is 5.93. The van der Waals surface area contributed by atoms with E-state index in [1.807, 2.05) is 19.1 Å². The lowest BCUT2D eigenvalue weighted by atomic mass is 9.97. The van der Waals surface area contributed by atoms with E-state index in [9.17, 15) is 4.39 Å². The molecule has 1 aromatic rings. The monoisotopic (exact) mass is 279 g/mol. The summed E-state index contributed by atoms with van der Waals surface area (Å²) in [7, 11) is 4.25. The minimum absolute atomic E-state index is 0.00184. The second-order valence-corrected chi connectivity index (χ2v) is 6.01. The van der Waals surface area contributed by atoms with Gasteiger partial charge in [0.2, 0.25) is 0 Å². The molecule has 1 saturated heterocycles. The van der Waals surface area contributed by atoms with E-state index in [1.54, 1.807) is 6.07 Å². The zero-order chi connectivity index (χ0) is 14.7. The zero-order valence-corrected chi connectivity index (χ0v) is 12.8. The molecule has 0 aliphatic carbocycles. The second kappa shape index (κ2) is 6.66. The number of piperidine rings is 1. The van der Waals surface area contributed by atoms with E-state index >= 15 is 0 Å². The summed E-state index contributed by atoms with van der Waals surface area (Å²) in [4.78, 5) is 4.61. The minimum atomic E-state index is -0.138. The summed E-state index contributed by atoms with van der Waals surface area (Å²) in [5.74, 6) is -0.138. The van der Waals surface area contributed by atoms with Gasteiger partial charge in [0.25, 0.3) is 0 Å². The Labute approximate surface area is 121 Å². The van der Waals surface area contributed by atoms with Gasteiger partial charge in [-0.3, -0.25) is 4.90 Å². The largest absolute Gasteiger partial charge is 0.329 e. The van der Waals surface area contributed by atoms with Crippen molar-refractivity contribution in [3.05, 3.63) is 35.1 Å². The summed E-state index contributed by atoms with van der Waals surface area (Å²) in [5, 5.41) is 0. The molecule has 1 aromatic carbocycles. The average Bonchev–Trinajstić information content (AvgIpc) is 2.44. The molecule has 20 heavy (non-hydrogen) atoms. The van der Waals surface area contributed by atoms with Gasteiger partial charge in [-0.15, -0.1) is 0 Å². The number of nitrogens with zero attached hydrogens (tertiary/aromatic N) is 2.